The van der Waals surface area contributed by atoms with E-state index in [1.54, 1.807) is 48.5 Å². The lowest BCUT2D eigenvalue weighted by Gasteiger charge is -2.08. The molecule has 39 heavy (non-hydrogen) atoms. The van der Waals surface area contributed by atoms with Crippen LogP contribution in [0.2, 0.25) is 0 Å². The molecule has 2 rings (SSSR count). The van der Waals surface area contributed by atoms with Crippen LogP contribution in [0.15, 0.2) is 58.5 Å². The van der Waals surface area contributed by atoms with Crippen molar-refractivity contribution in [1.29, 1.82) is 0 Å². The number of rotatable bonds is 20. The Balaban J connectivity index is 1.36. The van der Waals surface area contributed by atoms with Crippen LogP contribution in [0.5, 0.6) is 11.5 Å². The molecule has 0 heterocycles. The fourth-order valence-corrected chi connectivity index (χ4v) is 3.16. The van der Waals surface area contributed by atoms with Gasteiger partial charge in [0, 0.05) is 12.8 Å². The predicted octanol–water partition coefficient (Wildman–Crippen LogP) is 4.52. The molecule has 0 unspecified atom stereocenters. The quantitative estimate of drug-likeness (QED) is 0.103. The van der Waals surface area contributed by atoms with Gasteiger partial charge in [-0.15, -0.1) is 0 Å². The van der Waals surface area contributed by atoms with E-state index in [4.69, 9.17) is 23.7 Å². The number of hydrogen-bond acceptors (Lipinski definition) is 11. The van der Waals surface area contributed by atoms with Crippen molar-refractivity contribution < 1.29 is 42.9 Å². The summed E-state index contributed by atoms with van der Waals surface area (Å²) >= 11 is 0. The first-order chi connectivity index (χ1) is 19.1. The normalized spacial score (nSPS) is 10.1. The van der Waals surface area contributed by atoms with Gasteiger partial charge in [-0.3, -0.25) is 9.59 Å². The van der Waals surface area contributed by atoms with E-state index < -0.39 is 0 Å². The minimum atomic E-state index is -0.350. The summed E-state index contributed by atoms with van der Waals surface area (Å²) < 4.78 is 26.6. The summed E-state index contributed by atoms with van der Waals surface area (Å²) in [6, 6.07) is 13.4. The summed E-state index contributed by atoms with van der Waals surface area (Å²) in [4.78, 5) is 50.9. The molecular formula is C28H32N2O9. The van der Waals surface area contributed by atoms with Crippen LogP contribution in [0, 0.1) is 0 Å². The maximum Gasteiger partial charge on any atom is 0.305 e. The Kier molecular flexibility index (Phi) is 15.7. The molecule has 0 bridgehead atoms. The topological polar surface area (TPSA) is 139 Å². The maximum absolute atomic E-state index is 11.8. The van der Waals surface area contributed by atoms with E-state index in [9.17, 15) is 19.2 Å². The van der Waals surface area contributed by atoms with Crippen molar-refractivity contribution in [3.05, 3.63) is 48.5 Å². The molecule has 0 N–H and O–H groups in total. The standard InChI is InChI=1S/C28H32N2O9/c31-21-29-23-7-11-25(12-8-23)36-15-3-1-2-5-27(33)38-19-17-35-18-20-39-28(34)6-4-16-37-26-13-9-24(10-14-26)30-22-32/h7-14H,1-6,15-20H2. The molecule has 11 nitrogen and oxygen atoms in total. The lowest BCUT2D eigenvalue weighted by molar-refractivity contribution is -0.146. The van der Waals surface area contributed by atoms with Crippen molar-refractivity contribution in [2.45, 2.75) is 38.5 Å². The molecule has 0 aliphatic heterocycles. The third kappa shape index (κ3) is 14.9. The van der Waals surface area contributed by atoms with Crippen molar-refractivity contribution in [3.8, 4) is 11.5 Å². The number of aliphatic imine (C=N–C) groups is 2. The number of isocyanates is 2. The average Bonchev–Trinajstić information content (AvgIpc) is 2.94. The fourth-order valence-electron chi connectivity index (χ4n) is 3.16. The first-order valence-corrected chi connectivity index (χ1v) is 12.6. The van der Waals surface area contributed by atoms with Gasteiger partial charge in [0.05, 0.1) is 37.8 Å². The van der Waals surface area contributed by atoms with Crippen LogP contribution in [0.4, 0.5) is 11.4 Å². The molecule has 2 aromatic rings. The maximum atomic E-state index is 11.8. The second-order valence-corrected chi connectivity index (χ2v) is 8.06. The van der Waals surface area contributed by atoms with E-state index in [0.29, 0.717) is 55.4 Å². The minimum absolute atomic E-state index is 0.116. The molecule has 0 aliphatic rings. The van der Waals surface area contributed by atoms with E-state index in [1.807, 2.05) is 0 Å². The van der Waals surface area contributed by atoms with Crippen molar-refractivity contribution in [1.82, 2.24) is 0 Å². The van der Waals surface area contributed by atoms with Crippen molar-refractivity contribution in [2.24, 2.45) is 9.98 Å². The van der Waals surface area contributed by atoms with Crippen LogP contribution in [-0.2, 0) is 33.4 Å². The molecule has 208 valence electrons. The lowest BCUT2D eigenvalue weighted by atomic mass is 10.2. The SMILES string of the molecule is O=C=Nc1ccc(OCCCCCC(=O)OCCOCCOC(=O)CCCOc2ccc(N=C=O)cc2)cc1. The number of unbranched alkanes of at least 4 members (excludes halogenated alkanes) is 2. The zero-order chi connectivity index (χ0) is 28.0. The monoisotopic (exact) mass is 540 g/mol. The second-order valence-electron chi connectivity index (χ2n) is 8.06. The van der Waals surface area contributed by atoms with Crippen LogP contribution in [0.3, 0.4) is 0 Å². The van der Waals surface area contributed by atoms with E-state index in [1.165, 1.54) is 12.2 Å². The van der Waals surface area contributed by atoms with Crippen molar-refractivity contribution in [3.63, 3.8) is 0 Å². The van der Waals surface area contributed by atoms with Gasteiger partial charge in [-0.05, 0) is 74.2 Å². The molecule has 11 heteroatoms. The molecule has 0 aromatic heterocycles. The Morgan fingerprint density at radius 2 is 1.03 bits per heavy atom. The Morgan fingerprint density at radius 3 is 1.51 bits per heavy atom. The van der Waals surface area contributed by atoms with E-state index >= 15 is 0 Å². The first kappa shape index (κ1) is 30.9. The Bertz CT molecular complexity index is 1090. The highest BCUT2D eigenvalue weighted by atomic mass is 16.6. The molecule has 2 aromatic carbocycles. The zero-order valence-electron chi connectivity index (χ0n) is 21.7. The third-order valence-electron chi connectivity index (χ3n) is 5.09. The number of ether oxygens (including phenoxy) is 5. The third-order valence-corrected chi connectivity index (χ3v) is 5.09. The summed E-state index contributed by atoms with van der Waals surface area (Å²) in [5.74, 6) is 0.660. The number of esters is 2. The van der Waals surface area contributed by atoms with Gasteiger partial charge in [-0.1, -0.05) is 0 Å². The highest BCUT2D eigenvalue weighted by molar-refractivity contribution is 5.69. The molecule has 0 radical (unpaired) electrons. The van der Waals surface area contributed by atoms with Gasteiger partial charge >= 0.3 is 11.9 Å². The van der Waals surface area contributed by atoms with E-state index in [-0.39, 0.29) is 44.8 Å². The number of nitrogens with zero attached hydrogens (tertiary/aromatic N) is 2. The van der Waals surface area contributed by atoms with Gasteiger partial charge in [-0.2, -0.15) is 9.98 Å². The summed E-state index contributed by atoms with van der Waals surface area (Å²) in [5, 5.41) is 0. The van der Waals surface area contributed by atoms with Gasteiger partial charge in [-0.25, -0.2) is 9.59 Å². The van der Waals surface area contributed by atoms with E-state index in [2.05, 4.69) is 9.98 Å². The summed E-state index contributed by atoms with van der Waals surface area (Å²) in [6.45, 7) is 1.55. The van der Waals surface area contributed by atoms with Crippen LogP contribution in [0.1, 0.15) is 38.5 Å². The molecule has 0 aliphatic carbocycles. The molecular weight excluding hydrogens is 508 g/mol. The Hall–Kier alpha value is -4.30. The summed E-state index contributed by atoms with van der Waals surface area (Å²) in [6.07, 6.45) is 6.28. The fraction of sp³-hybridized carbons (Fsp3) is 0.429. The van der Waals surface area contributed by atoms with Gasteiger partial charge in [0.15, 0.2) is 0 Å². The molecule has 0 saturated carbocycles. The van der Waals surface area contributed by atoms with Gasteiger partial charge < -0.3 is 23.7 Å². The van der Waals surface area contributed by atoms with E-state index in [0.717, 1.165) is 12.8 Å². The smallest absolute Gasteiger partial charge is 0.305 e. The lowest BCUT2D eigenvalue weighted by Crippen LogP contribution is -2.15. The molecule has 0 spiro atoms. The molecule has 0 saturated heterocycles. The van der Waals surface area contributed by atoms with Crippen LogP contribution < -0.4 is 9.47 Å². The summed E-state index contributed by atoms with van der Waals surface area (Å²) in [7, 11) is 0. The predicted molar refractivity (Wildman–Crippen MR) is 140 cm³/mol. The number of carbonyl (C=O) groups is 2. The first-order valence-electron chi connectivity index (χ1n) is 12.6. The van der Waals surface area contributed by atoms with Gasteiger partial charge in [0.2, 0.25) is 12.2 Å². The summed E-state index contributed by atoms with van der Waals surface area (Å²) in [5.41, 5.74) is 1.01. The highest BCUT2D eigenvalue weighted by Gasteiger charge is 2.05. The second kappa shape index (κ2) is 19.8. The van der Waals surface area contributed by atoms with Crippen molar-refractivity contribution in [2.75, 3.05) is 39.6 Å². The number of carbonyl (C=O) groups excluding carboxylic acids is 4. The molecule has 0 fully saturated rings. The van der Waals surface area contributed by atoms with Crippen LogP contribution in [0.25, 0.3) is 0 Å². The zero-order valence-corrected chi connectivity index (χ0v) is 21.7. The van der Waals surface area contributed by atoms with Crippen molar-refractivity contribution >= 4 is 35.5 Å². The minimum Gasteiger partial charge on any atom is -0.494 e. The van der Waals surface area contributed by atoms with Gasteiger partial charge in [0.25, 0.3) is 0 Å². The highest BCUT2D eigenvalue weighted by Crippen LogP contribution is 2.18. The van der Waals surface area contributed by atoms with Gasteiger partial charge in [0.1, 0.15) is 24.7 Å². The van der Waals surface area contributed by atoms with Crippen LogP contribution >= 0.6 is 0 Å². The number of benzene rings is 2. The molecule has 0 amide bonds. The Labute approximate surface area is 226 Å². The average molecular weight is 541 g/mol. The molecule has 0 atom stereocenters. The number of hydrogen-bond donors (Lipinski definition) is 0. The largest absolute Gasteiger partial charge is 0.494 e. The van der Waals surface area contributed by atoms with Crippen LogP contribution in [-0.4, -0.2) is 63.7 Å². The Morgan fingerprint density at radius 1 is 0.564 bits per heavy atom.